The van der Waals surface area contributed by atoms with E-state index in [2.05, 4.69) is 5.92 Å². The Bertz CT molecular complexity index is 368. The van der Waals surface area contributed by atoms with Crippen molar-refractivity contribution in [3.05, 3.63) is 23.8 Å². The van der Waals surface area contributed by atoms with Crippen LogP contribution in [0.15, 0.2) is 18.2 Å². The lowest BCUT2D eigenvalue weighted by Gasteiger charge is -2.15. The number of hydrogen-bond donors (Lipinski definition) is 1. The van der Waals surface area contributed by atoms with E-state index in [1.165, 1.54) is 0 Å². The fourth-order valence-corrected chi connectivity index (χ4v) is 1.35. The summed E-state index contributed by atoms with van der Waals surface area (Å²) in [4.78, 5) is 2.03. The standard InChI is InChI=1S/C12H16N2O/c1-4-7-14(2)9-10-5-6-11(15-3)8-12(10)13/h1,5-6,8H,7,9,13H2,2-3H3. The molecule has 0 aromatic heterocycles. The minimum Gasteiger partial charge on any atom is -0.497 e. The van der Waals surface area contributed by atoms with E-state index >= 15 is 0 Å². The second kappa shape index (κ2) is 5.28. The summed E-state index contributed by atoms with van der Waals surface area (Å²) in [5.74, 6) is 3.36. The highest BCUT2D eigenvalue weighted by molar-refractivity contribution is 5.51. The van der Waals surface area contributed by atoms with Gasteiger partial charge in [0.05, 0.1) is 13.7 Å². The van der Waals surface area contributed by atoms with Crippen LogP contribution in [0.2, 0.25) is 0 Å². The first-order chi connectivity index (χ1) is 7.17. The second-order valence-electron chi connectivity index (χ2n) is 3.44. The molecule has 0 saturated heterocycles. The topological polar surface area (TPSA) is 38.5 Å². The van der Waals surface area contributed by atoms with Gasteiger partial charge >= 0.3 is 0 Å². The van der Waals surface area contributed by atoms with Gasteiger partial charge in [0, 0.05) is 18.3 Å². The summed E-state index contributed by atoms with van der Waals surface area (Å²) in [5.41, 5.74) is 7.68. The number of rotatable bonds is 4. The lowest BCUT2D eigenvalue weighted by molar-refractivity contribution is 0.369. The summed E-state index contributed by atoms with van der Waals surface area (Å²) in [6.07, 6.45) is 5.22. The molecule has 1 aromatic carbocycles. The van der Waals surface area contributed by atoms with Gasteiger partial charge in [0.15, 0.2) is 0 Å². The summed E-state index contributed by atoms with van der Waals surface area (Å²) in [6.45, 7) is 1.37. The number of nitrogens with zero attached hydrogens (tertiary/aromatic N) is 1. The minimum absolute atomic E-state index is 0.617. The Kier molecular flexibility index (Phi) is 4.02. The highest BCUT2D eigenvalue weighted by Gasteiger charge is 2.03. The van der Waals surface area contributed by atoms with Crippen molar-refractivity contribution >= 4 is 5.69 Å². The van der Waals surface area contributed by atoms with Gasteiger partial charge in [-0.1, -0.05) is 12.0 Å². The molecule has 1 aromatic rings. The molecule has 0 spiro atoms. The van der Waals surface area contributed by atoms with Gasteiger partial charge in [-0.05, 0) is 18.7 Å². The van der Waals surface area contributed by atoms with Gasteiger partial charge in [-0.3, -0.25) is 4.90 Å². The quantitative estimate of drug-likeness (QED) is 0.594. The van der Waals surface area contributed by atoms with Crippen molar-refractivity contribution in [2.24, 2.45) is 0 Å². The second-order valence-corrected chi connectivity index (χ2v) is 3.44. The Labute approximate surface area is 90.8 Å². The Morgan fingerprint density at radius 3 is 2.80 bits per heavy atom. The van der Waals surface area contributed by atoms with E-state index in [4.69, 9.17) is 16.9 Å². The number of benzene rings is 1. The maximum absolute atomic E-state index is 5.88. The molecule has 1 rings (SSSR count). The number of methoxy groups -OCH3 is 1. The molecule has 3 nitrogen and oxygen atoms in total. The first-order valence-electron chi connectivity index (χ1n) is 4.71. The normalized spacial score (nSPS) is 10.0. The maximum Gasteiger partial charge on any atom is 0.120 e. The van der Waals surface area contributed by atoms with Crippen molar-refractivity contribution in [3.63, 3.8) is 0 Å². The van der Waals surface area contributed by atoms with Gasteiger partial charge in [-0.2, -0.15) is 0 Å². The summed E-state index contributed by atoms with van der Waals surface area (Å²) in [5, 5.41) is 0. The van der Waals surface area contributed by atoms with Crippen molar-refractivity contribution in [2.75, 3.05) is 26.4 Å². The van der Waals surface area contributed by atoms with Gasteiger partial charge in [0.1, 0.15) is 5.75 Å². The number of ether oxygens (including phenoxy) is 1. The van der Waals surface area contributed by atoms with Crippen LogP contribution in [0.5, 0.6) is 5.75 Å². The number of anilines is 1. The fourth-order valence-electron chi connectivity index (χ4n) is 1.35. The SMILES string of the molecule is C#CCN(C)Cc1ccc(OC)cc1N. The van der Waals surface area contributed by atoms with Crippen molar-refractivity contribution in [3.8, 4) is 18.1 Å². The van der Waals surface area contributed by atoms with E-state index in [1.807, 2.05) is 30.1 Å². The number of nitrogen functional groups attached to an aromatic ring is 1. The van der Waals surface area contributed by atoms with E-state index in [1.54, 1.807) is 7.11 Å². The molecule has 0 radical (unpaired) electrons. The predicted octanol–water partition coefficient (Wildman–Crippen LogP) is 1.34. The van der Waals surface area contributed by atoms with Gasteiger partial charge in [0.25, 0.3) is 0 Å². The highest BCUT2D eigenvalue weighted by atomic mass is 16.5. The van der Waals surface area contributed by atoms with Crippen LogP contribution in [0.4, 0.5) is 5.69 Å². The zero-order valence-corrected chi connectivity index (χ0v) is 9.16. The third kappa shape index (κ3) is 3.19. The molecular formula is C12H16N2O. The van der Waals surface area contributed by atoms with Crippen LogP contribution >= 0.6 is 0 Å². The molecule has 0 atom stereocenters. The molecule has 0 aliphatic heterocycles. The minimum atomic E-state index is 0.617. The van der Waals surface area contributed by atoms with Crippen molar-refractivity contribution < 1.29 is 4.74 Å². The van der Waals surface area contributed by atoms with Crippen LogP contribution in [-0.4, -0.2) is 25.6 Å². The zero-order chi connectivity index (χ0) is 11.3. The summed E-state index contributed by atoms with van der Waals surface area (Å²) >= 11 is 0. The summed E-state index contributed by atoms with van der Waals surface area (Å²) in [7, 11) is 3.59. The molecule has 80 valence electrons. The number of hydrogen-bond acceptors (Lipinski definition) is 3. The Hall–Kier alpha value is -1.66. The van der Waals surface area contributed by atoms with E-state index < -0.39 is 0 Å². The molecule has 3 heteroatoms. The van der Waals surface area contributed by atoms with E-state index in [0.717, 1.165) is 23.5 Å². The van der Waals surface area contributed by atoms with Crippen molar-refractivity contribution in [1.29, 1.82) is 0 Å². The van der Waals surface area contributed by atoms with Gasteiger partial charge in [-0.15, -0.1) is 6.42 Å². The van der Waals surface area contributed by atoms with Crippen LogP contribution < -0.4 is 10.5 Å². The van der Waals surface area contributed by atoms with Crippen LogP contribution in [0, 0.1) is 12.3 Å². The van der Waals surface area contributed by atoms with Gasteiger partial charge in [0.2, 0.25) is 0 Å². The van der Waals surface area contributed by atoms with Crippen LogP contribution in [0.1, 0.15) is 5.56 Å². The number of terminal acetylenes is 1. The molecule has 0 saturated carbocycles. The molecular weight excluding hydrogens is 188 g/mol. The molecule has 0 amide bonds. The van der Waals surface area contributed by atoms with Crippen LogP contribution in [-0.2, 0) is 6.54 Å². The van der Waals surface area contributed by atoms with Crippen molar-refractivity contribution in [1.82, 2.24) is 4.90 Å². The molecule has 2 N–H and O–H groups in total. The lowest BCUT2D eigenvalue weighted by Crippen LogP contribution is -2.18. The van der Waals surface area contributed by atoms with Crippen LogP contribution in [0.25, 0.3) is 0 Å². The molecule has 0 bridgehead atoms. The Balaban J connectivity index is 2.74. The van der Waals surface area contributed by atoms with E-state index in [-0.39, 0.29) is 0 Å². The largest absolute Gasteiger partial charge is 0.497 e. The predicted molar refractivity (Wildman–Crippen MR) is 62.6 cm³/mol. The lowest BCUT2D eigenvalue weighted by atomic mass is 10.1. The smallest absolute Gasteiger partial charge is 0.120 e. The maximum atomic E-state index is 5.88. The number of nitrogens with two attached hydrogens (primary N) is 1. The molecule has 15 heavy (non-hydrogen) atoms. The highest BCUT2D eigenvalue weighted by Crippen LogP contribution is 2.20. The van der Waals surface area contributed by atoms with Crippen molar-refractivity contribution in [2.45, 2.75) is 6.54 Å². The Morgan fingerprint density at radius 1 is 1.53 bits per heavy atom. The van der Waals surface area contributed by atoms with Gasteiger partial charge < -0.3 is 10.5 Å². The fraction of sp³-hybridized carbons (Fsp3) is 0.333. The Morgan fingerprint density at radius 2 is 2.27 bits per heavy atom. The average molecular weight is 204 g/mol. The summed E-state index contributed by atoms with van der Waals surface area (Å²) < 4.78 is 5.08. The van der Waals surface area contributed by atoms with E-state index in [0.29, 0.717) is 6.54 Å². The molecule has 0 unspecified atom stereocenters. The molecule has 0 aliphatic carbocycles. The molecule has 0 aliphatic rings. The molecule has 0 heterocycles. The van der Waals surface area contributed by atoms with Gasteiger partial charge in [-0.25, -0.2) is 0 Å². The van der Waals surface area contributed by atoms with E-state index in [9.17, 15) is 0 Å². The third-order valence-electron chi connectivity index (χ3n) is 2.15. The van der Waals surface area contributed by atoms with Crippen LogP contribution in [0.3, 0.4) is 0 Å². The zero-order valence-electron chi connectivity index (χ0n) is 9.16. The monoisotopic (exact) mass is 204 g/mol. The molecule has 0 fully saturated rings. The first kappa shape index (κ1) is 11.4. The average Bonchev–Trinajstić information content (AvgIpc) is 2.21. The summed E-state index contributed by atoms with van der Waals surface area (Å²) in [6, 6.07) is 5.68. The first-order valence-corrected chi connectivity index (χ1v) is 4.71. The third-order valence-corrected chi connectivity index (χ3v) is 2.15.